The molecule has 2 aliphatic heterocycles. The number of hydrogen-bond acceptors (Lipinski definition) is 8. The molecule has 0 radical (unpaired) electrons. The molecular weight excluding hydrogens is 461 g/mol. The van der Waals surface area contributed by atoms with Crippen LogP contribution in [-0.2, 0) is 18.8 Å². The molecule has 11 heteroatoms. The van der Waals surface area contributed by atoms with Crippen molar-refractivity contribution < 1.29 is 23.6 Å². The molecule has 0 spiro atoms. The molecule has 0 aromatic carbocycles. The van der Waals surface area contributed by atoms with Crippen LogP contribution in [-0.4, -0.2) is 71.6 Å². The zero-order chi connectivity index (χ0) is 26.9. The summed E-state index contributed by atoms with van der Waals surface area (Å²) >= 11 is 0. The van der Waals surface area contributed by atoms with Gasteiger partial charge in [0.15, 0.2) is 0 Å². The predicted octanol–water partition coefficient (Wildman–Crippen LogP) is 2.27. The normalized spacial score (nSPS) is 22.0. The third-order valence-corrected chi connectivity index (χ3v) is 6.94. The molecule has 2 amide bonds. The lowest BCUT2D eigenvalue weighted by Gasteiger charge is -2.32. The van der Waals surface area contributed by atoms with Gasteiger partial charge in [-0.3, -0.25) is 4.79 Å². The molecule has 3 rings (SSSR count). The number of rotatable bonds is 7. The van der Waals surface area contributed by atoms with E-state index in [-0.39, 0.29) is 17.7 Å². The summed E-state index contributed by atoms with van der Waals surface area (Å²) in [6.07, 6.45) is 3.84. The smallest absolute Gasteiger partial charge is 0.444 e. The fourth-order valence-electron chi connectivity index (χ4n) is 4.10. The van der Waals surface area contributed by atoms with Gasteiger partial charge in [-0.15, -0.1) is 0 Å². The van der Waals surface area contributed by atoms with Gasteiger partial charge in [-0.1, -0.05) is 13.8 Å². The molecule has 0 saturated carbocycles. The highest BCUT2D eigenvalue weighted by atomic mass is 16.7. The third kappa shape index (κ3) is 6.88. The van der Waals surface area contributed by atoms with E-state index in [2.05, 4.69) is 25.5 Å². The first-order valence-electron chi connectivity index (χ1n) is 12.8. The summed E-state index contributed by atoms with van der Waals surface area (Å²) in [4.78, 5) is 36.2. The highest BCUT2D eigenvalue weighted by Gasteiger charge is 2.52. The van der Waals surface area contributed by atoms with Gasteiger partial charge in [0, 0.05) is 37.5 Å². The summed E-state index contributed by atoms with van der Waals surface area (Å²) in [5, 5.41) is 5.70. The van der Waals surface area contributed by atoms with E-state index in [1.165, 1.54) is 0 Å². The molecule has 1 aromatic heterocycles. The first-order valence-corrected chi connectivity index (χ1v) is 12.8. The Morgan fingerprint density at radius 2 is 1.75 bits per heavy atom. The van der Waals surface area contributed by atoms with E-state index in [0.717, 1.165) is 25.0 Å². The zero-order valence-corrected chi connectivity index (χ0v) is 23.2. The lowest BCUT2D eigenvalue weighted by Crippen LogP contribution is -2.51. The predicted molar refractivity (Wildman–Crippen MR) is 139 cm³/mol. The molecular formula is C25H42BN5O5. The van der Waals surface area contributed by atoms with E-state index in [4.69, 9.17) is 14.0 Å². The van der Waals surface area contributed by atoms with Gasteiger partial charge in [-0.05, 0) is 66.7 Å². The van der Waals surface area contributed by atoms with E-state index < -0.39 is 36.1 Å². The number of aromatic nitrogens is 2. The van der Waals surface area contributed by atoms with Crippen molar-refractivity contribution in [1.82, 2.24) is 20.6 Å². The van der Waals surface area contributed by atoms with Crippen LogP contribution in [0.25, 0.3) is 0 Å². The second kappa shape index (κ2) is 10.5. The molecule has 2 saturated heterocycles. The van der Waals surface area contributed by atoms with Gasteiger partial charge in [0.1, 0.15) is 11.6 Å². The Labute approximate surface area is 215 Å². The highest BCUT2D eigenvalue weighted by Crippen LogP contribution is 2.36. The van der Waals surface area contributed by atoms with Crippen molar-refractivity contribution in [2.75, 3.05) is 24.5 Å². The number of nitrogens with zero attached hydrogens (tertiary/aromatic N) is 3. The standard InChI is InChI=1S/C25H42BN5O5/c1-16(2)19(30-22(33)34-23(3,4)5)20(32)27-12-17-10-11-31(15-17)21-28-13-18(14-29-21)26-35-24(6,7)25(8,9)36-26/h13-14,16-17,19H,10-12,15H2,1-9H3,(H,27,32)(H,30,33)/t17-,19+/m1/s1. The quantitative estimate of drug-likeness (QED) is 0.545. The number of nitrogens with one attached hydrogen (secondary N) is 2. The minimum Gasteiger partial charge on any atom is -0.444 e. The van der Waals surface area contributed by atoms with Crippen LogP contribution >= 0.6 is 0 Å². The molecule has 1 aromatic rings. The van der Waals surface area contributed by atoms with Crippen molar-refractivity contribution >= 4 is 30.5 Å². The molecule has 0 unspecified atom stereocenters. The maximum Gasteiger partial charge on any atom is 0.498 e. The molecule has 3 heterocycles. The highest BCUT2D eigenvalue weighted by molar-refractivity contribution is 6.61. The number of alkyl carbamates (subject to hydrolysis) is 1. The van der Waals surface area contributed by atoms with Gasteiger partial charge in [-0.25, -0.2) is 14.8 Å². The Morgan fingerprint density at radius 1 is 1.17 bits per heavy atom. The topological polar surface area (TPSA) is 115 Å². The average molecular weight is 503 g/mol. The number of anilines is 1. The number of ether oxygens (including phenoxy) is 1. The monoisotopic (exact) mass is 503 g/mol. The molecule has 2 N–H and O–H groups in total. The fraction of sp³-hybridized carbons (Fsp3) is 0.760. The van der Waals surface area contributed by atoms with Crippen LogP contribution in [0, 0.1) is 11.8 Å². The average Bonchev–Trinajstić information content (AvgIpc) is 3.30. The summed E-state index contributed by atoms with van der Waals surface area (Å²) in [5.41, 5.74) is -0.669. The van der Waals surface area contributed by atoms with E-state index in [1.54, 1.807) is 33.2 Å². The molecule has 0 bridgehead atoms. The molecule has 0 aliphatic carbocycles. The third-order valence-electron chi connectivity index (χ3n) is 6.94. The van der Waals surface area contributed by atoms with E-state index in [0.29, 0.717) is 12.5 Å². The summed E-state index contributed by atoms with van der Waals surface area (Å²) in [6, 6.07) is -0.664. The van der Waals surface area contributed by atoms with Crippen molar-refractivity contribution in [2.45, 2.75) is 91.6 Å². The molecule has 2 aliphatic rings. The summed E-state index contributed by atoms with van der Waals surface area (Å²) in [7, 11) is -0.492. The van der Waals surface area contributed by atoms with E-state index >= 15 is 0 Å². The minimum atomic E-state index is -0.664. The van der Waals surface area contributed by atoms with Gasteiger partial charge >= 0.3 is 13.2 Å². The van der Waals surface area contributed by atoms with Gasteiger partial charge in [-0.2, -0.15) is 0 Å². The minimum absolute atomic E-state index is 0.0755. The van der Waals surface area contributed by atoms with Crippen LogP contribution in [0.2, 0.25) is 0 Å². The molecule has 200 valence electrons. The summed E-state index contributed by atoms with van der Waals surface area (Å²) in [5.74, 6) is 0.621. The van der Waals surface area contributed by atoms with Crippen LogP contribution in [0.5, 0.6) is 0 Å². The molecule has 10 nitrogen and oxygen atoms in total. The van der Waals surface area contributed by atoms with Crippen molar-refractivity contribution in [3.05, 3.63) is 12.4 Å². The van der Waals surface area contributed by atoms with Crippen molar-refractivity contribution in [3.8, 4) is 0 Å². The van der Waals surface area contributed by atoms with Crippen LogP contribution in [0.3, 0.4) is 0 Å². The first kappa shape index (κ1) is 28.2. The second-order valence-corrected chi connectivity index (χ2v) is 12.1. The van der Waals surface area contributed by atoms with Crippen LogP contribution in [0.15, 0.2) is 12.4 Å². The fourth-order valence-corrected chi connectivity index (χ4v) is 4.10. The lowest BCUT2D eigenvalue weighted by atomic mass is 9.81. The largest absolute Gasteiger partial charge is 0.498 e. The van der Waals surface area contributed by atoms with Gasteiger partial charge in [0.25, 0.3) is 0 Å². The second-order valence-electron chi connectivity index (χ2n) is 12.1. The zero-order valence-electron chi connectivity index (χ0n) is 23.2. The van der Waals surface area contributed by atoms with Gasteiger partial charge in [0.05, 0.1) is 11.2 Å². The maximum atomic E-state index is 12.8. The summed E-state index contributed by atoms with van der Waals surface area (Å²) < 4.78 is 17.5. The Balaban J connectivity index is 1.50. The number of amides is 2. The van der Waals surface area contributed by atoms with Crippen LogP contribution in [0.1, 0.15) is 68.7 Å². The number of carbonyl (C=O) groups excluding carboxylic acids is 2. The van der Waals surface area contributed by atoms with Gasteiger partial charge in [0.2, 0.25) is 11.9 Å². The van der Waals surface area contributed by atoms with Crippen molar-refractivity contribution in [3.63, 3.8) is 0 Å². The van der Waals surface area contributed by atoms with Crippen LogP contribution in [0.4, 0.5) is 10.7 Å². The Hall–Kier alpha value is -2.40. The number of hydrogen-bond donors (Lipinski definition) is 2. The lowest BCUT2D eigenvalue weighted by molar-refractivity contribution is -0.124. The van der Waals surface area contributed by atoms with Crippen molar-refractivity contribution in [2.24, 2.45) is 11.8 Å². The van der Waals surface area contributed by atoms with E-state index in [1.807, 2.05) is 41.5 Å². The Morgan fingerprint density at radius 3 is 2.28 bits per heavy atom. The molecule has 2 fully saturated rings. The van der Waals surface area contributed by atoms with Crippen LogP contribution < -0.4 is 21.0 Å². The van der Waals surface area contributed by atoms with Crippen molar-refractivity contribution in [1.29, 1.82) is 0 Å². The number of carbonyl (C=O) groups is 2. The van der Waals surface area contributed by atoms with Gasteiger partial charge < -0.3 is 29.6 Å². The van der Waals surface area contributed by atoms with E-state index in [9.17, 15) is 9.59 Å². The Kier molecular flexibility index (Phi) is 8.25. The summed E-state index contributed by atoms with van der Waals surface area (Å²) in [6.45, 7) is 19.3. The SMILES string of the molecule is CC(C)[C@H](NC(=O)OC(C)(C)C)C(=O)NC[C@H]1CCN(c2ncc(B3OC(C)(C)C(C)(C)O3)cn2)C1. The first-order chi connectivity index (χ1) is 16.6. The Bertz CT molecular complexity index is 916. The molecule has 2 atom stereocenters. The maximum absolute atomic E-state index is 12.8. The molecule has 36 heavy (non-hydrogen) atoms.